The summed E-state index contributed by atoms with van der Waals surface area (Å²) in [7, 11) is 0. The lowest BCUT2D eigenvalue weighted by atomic mass is 10.2. The van der Waals surface area contributed by atoms with Crippen LogP contribution in [0.1, 0.15) is 23.8 Å². The highest BCUT2D eigenvalue weighted by molar-refractivity contribution is 9.11. The third-order valence-corrected chi connectivity index (χ3v) is 2.66. The molecule has 0 N–H and O–H groups in total. The molecule has 0 spiro atoms. The number of ketones is 1. The highest BCUT2D eigenvalue weighted by Gasteiger charge is 2.09. The van der Waals surface area contributed by atoms with Crippen LogP contribution < -0.4 is 0 Å². The quantitative estimate of drug-likeness (QED) is 0.716. The third kappa shape index (κ3) is 1.44. The summed E-state index contributed by atoms with van der Waals surface area (Å²) in [6, 6.07) is 0. The molecule has 0 amide bonds. The van der Waals surface area contributed by atoms with Gasteiger partial charge in [-0.1, -0.05) is 6.92 Å². The molecule has 0 aromatic carbocycles. The SMILES string of the molecule is CCC(=O)c1ncsc1Br. The van der Waals surface area contributed by atoms with Gasteiger partial charge in [-0.3, -0.25) is 4.79 Å². The Morgan fingerprint density at radius 1 is 1.90 bits per heavy atom. The molecular weight excluding hydrogens is 214 g/mol. The standard InChI is InChI=1S/C6H6BrNOS/c1-2-4(9)5-6(7)10-3-8-5/h3H,2H2,1H3. The first-order valence-electron chi connectivity index (χ1n) is 2.88. The molecule has 0 atom stereocenters. The van der Waals surface area contributed by atoms with Gasteiger partial charge >= 0.3 is 0 Å². The van der Waals surface area contributed by atoms with Crippen molar-refractivity contribution in [2.45, 2.75) is 13.3 Å². The second kappa shape index (κ2) is 3.25. The van der Waals surface area contributed by atoms with Crippen LogP contribution in [0.15, 0.2) is 9.30 Å². The number of carbonyl (C=O) groups is 1. The van der Waals surface area contributed by atoms with E-state index in [-0.39, 0.29) is 5.78 Å². The number of halogens is 1. The summed E-state index contributed by atoms with van der Waals surface area (Å²) >= 11 is 4.68. The summed E-state index contributed by atoms with van der Waals surface area (Å²) in [5, 5.41) is 0. The highest BCUT2D eigenvalue weighted by Crippen LogP contribution is 2.21. The minimum atomic E-state index is 0.0909. The summed E-state index contributed by atoms with van der Waals surface area (Å²) in [6.07, 6.45) is 0.516. The average molecular weight is 220 g/mol. The first-order chi connectivity index (χ1) is 4.75. The molecule has 0 aliphatic carbocycles. The Hall–Kier alpha value is -0.220. The van der Waals surface area contributed by atoms with Gasteiger partial charge < -0.3 is 0 Å². The van der Waals surface area contributed by atoms with E-state index in [2.05, 4.69) is 20.9 Å². The Labute approximate surface area is 71.4 Å². The van der Waals surface area contributed by atoms with Crippen molar-refractivity contribution >= 4 is 33.0 Å². The summed E-state index contributed by atoms with van der Waals surface area (Å²) in [6.45, 7) is 1.83. The Morgan fingerprint density at radius 3 is 3.00 bits per heavy atom. The molecule has 1 heterocycles. The molecule has 4 heteroatoms. The van der Waals surface area contributed by atoms with E-state index in [1.165, 1.54) is 11.3 Å². The van der Waals surface area contributed by atoms with Crippen molar-refractivity contribution in [3.05, 3.63) is 15.0 Å². The van der Waals surface area contributed by atoms with E-state index in [0.717, 1.165) is 3.79 Å². The lowest BCUT2D eigenvalue weighted by molar-refractivity contribution is 0.0983. The molecule has 1 aromatic rings. The maximum Gasteiger partial charge on any atom is 0.182 e. The largest absolute Gasteiger partial charge is 0.292 e. The molecule has 0 saturated carbocycles. The topological polar surface area (TPSA) is 30.0 Å². The normalized spacial score (nSPS) is 9.80. The zero-order chi connectivity index (χ0) is 7.56. The molecule has 0 unspecified atom stereocenters. The van der Waals surface area contributed by atoms with Gasteiger partial charge in [-0.05, 0) is 15.9 Å². The van der Waals surface area contributed by atoms with E-state index in [0.29, 0.717) is 12.1 Å². The smallest absolute Gasteiger partial charge is 0.182 e. The van der Waals surface area contributed by atoms with Gasteiger partial charge in [-0.2, -0.15) is 0 Å². The molecule has 0 saturated heterocycles. The van der Waals surface area contributed by atoms with Gasteiger partial charge in [0.2, 0.25) is 0 Å². The van der Waals surface area contributed by atoms with E-state index >= 15 is 0 Å². The number of nitrogens with zero attached hydrogens (tertiary/aromatic N) is 1. The number of carbonyl (C=O) groups excluding carboxylic acids is 1. The number of rotatable bonds is 2. The fourth-order valence-electron chi connectivity index (χ4n) is 0.581. The van der Waals surface area contributed by atoms with Crippen LogP contribution >= 0.6 is 27.3 Å². The highest BCUT2D eigenvalue weighted by atomic mass is 79.9. The Morgan fingerprint density at radius 2 is 2.60 bits per heavy atom. The van der Waals surface area contributed by atoms with Crippen LogP contribution in [0.3, 0.4) is 0 Å². The fourth-order valence-corrected chi connectivity index (χ4v) is 1.68. The first-order valence-corrected chi connectivity index (χ1v) is 4.55. The zero-order valence-corrected chi connectivity index (χ0v) is 7.83. The van der Waals surface area contributed by atoms with Crippen molar-refractivity contribution in [1.82, 2.24) is 4.98 Å². The van der Waals surface area contributed by atoms with E-state index < -0.39 is 0 Å². The molecule has 10 heavy (non-hydrogen) atoms. The summed E-state index contributed by atoms with van der Waals surface area (Å²) in [5.41, 5.74) is 2.22. The molecule has 0 radical (unpaired) electrons. The van der Waals surface area contributed by atoms with E-state index in [1.807, 2.05) is 6.92 Å². The van der Waals surface area contributed by atoms with Crippen LogP contribution in [0, 0.1) is 0 Å². The van der Waals surface area contributed by atoms with Crippen LogP contribution in [0.25, 0.3) is 0 Å². The molecular formula is C6H6BrNOS. The lowest BCUT2D eigenvalue weighted by Crippen LogP contribution is -1.96. The lowest BCUT2D eigenvalue weighted by Gasteiger charge is -1.89. The first kappa shape index (κ1) is 7.88. The van der Waals surface area contributed by atoms with Gasteiger partial charge in [0.1, 0.15) is 9.48 Å². The molecule has 2 nitrogen and oxygen atoms in total. The molecule has 54 valence electrons. The summed E-state index contributed by atoms with van der Waals surface area (Å²) in [4.78, 5) is 14.9. The van der Waals surface area contributed by atoms with Crippen LogP contribution in [0.4, 0.5) is 0 Å². The van der Waals surface area contributed by atoms with Gasteiger partial charge in [0.15, 0.2) is 5.78 Å². The molecule has 1 rings (SSSR count). The van der Waals surface area contributed by atoms with E-state index in [4.69, 9.17) is 0 Å². The zero-order valence-electron chi connectivity index (χ0n) is 5.43. The van der Waals surface area contributed by atoms with Crippen molar-refractivity contribution < 1.29 is 4.79 Å². The van der Waals surface area contributed by atoms with E-state index in [1.54, 1.807) is 5.51 Å². The predicted molar refractivity (Wildman–Crippen MR) is 44.4 cm³/mol. The van der Waals surface area contributed by atoms with Gasteiger partial charge in [0.05, 0.1) is 5.51 Å². The van der Waals surface area contributed by atoms with Crippen molar-refractivity contribution in [1.29, 1.82) is 0 Å². The second-order valence-corrected chi connectivity index (χ2v) is 3.92. The van der Waals surface area contributed by atoms with Crippen LogP contribution in [-0.2, 0) is 0 Å². The van der Waals surface area contributed by atoms with Crippen molar-refractivity contribution in [2.75, 3.05) is 0 Å². The molecule has 0 fully saturated rings. The number of aromatic nitrogens is 1. The van der Waals surface area contributed by atoms with Crippen LogP contribution in [0.2, 0.25) is 0 Å². The van der Waals surface area contributed by atoms with Crippen molar-refractivity contribution in [2.24, 2.45) is 0 Å². The van der Waals surface area contributed by atoms with Gasteiger partial charge in [-0.15, -0.1) is 11.3 Å². The van der Waals surface area contributed by atoms with Crippen LogP contribution in [-0.4, -0.2) is 10.8 Å². The minimum Gasteiger partial charge on any atom is -0.292 e. The summed E-state index contributed by atoms with van der Waals surface area (Å²) in [5.74, 6) is 0.0909. The van der Waals surface area contributed by atoms with Gasteiger partial charge in [0, 0.05) is 6.42 Å². The Kier molecular flexibility index (Phi) is 2.56. The molecule has 0 bridgehead atoms. The molecule has 0 aliphatic rings. The Bertz CT molecular complexity index is 246. The van der Waals surface area contributed by atoms with Gasteiger partial charge in [0.25, 0.3) is 0 Å². The van der Waals surface area contributed by atoms with Crippen molar-refractivity contribution in [3.63, 3.8) is 0 Å². The fraction of sp³-hybridized carbons (Fsp3) is 0.333. The van der Waals surface area contributed by atoms with Gasteiger partial charge in [-0.25, -0.2) is 4.98 Å². The van der Waals surface area contributed by atoms with E-state index in [9.17, 15) is 4.79 Å². The average Bonchev–Trinajstić information content (AvgIpc) is 2.34. The number of hydrogen-bond donors (Lipinski definition) is 0. The maximum absolute atomic E-state index is 11.0. The minimum absolute atomic E-state index is 0.0909. The number of Topliss-reactive ketones (excluding diaryl/α,β-unsaturated/α-hetero) is 1. The third-order valence-electron chi connectivity index (χ3n) is 1.11. The molecule has 0 aliphatic heterocycles. The second-order valence-electron chi connectivity index (χ2n) is 1.75. The van der Waals surface area contributed by atoms with Crippen molar-refractivity contribution in [3.8, 4) is 0 Å². The Balaban J connectivity index is 2.93. The monoisotopic (exact) mass is 219 g/mol. The predicted octanol–water partition coefficient (Wildman–Crippen LogP) is 2.50. The maximum atomic E-state index is 11.0. The number of thiazole rings is 1. The number of hydrogen-bond acceptors (Lipinski definition) is 3. The summed E-state index contributed by atoms with van der Waals surface area (Å²) < 4.78 is 0.833. The molecule has 1 aromatic heterocycles. The van der Waals surface area contributed by atoms with Crippen LogP contribution in [0.5, 0.6) is 0 Å².